The van der Waals surface area contributed by atoms with Crippen molar-refractivity contribution in [2.75, 3.05) is 0 Å². The fourth-order valence-corrected chi connectivity index (χ4v) is 1.61. The van der Waals surface area contributed by atoms with Gasteiger partial charge in [-0.05, 0) is 18.1 Å². The normalized spacial score (nSPS) is 10.8. The summed E-state index contributed by atoms with van der Waals surface area (Å²) in [7, 11) is 0. The lowest BCUT2D eigenvalue weighted by molar-refractivity contribution is 0.0689. The number of aromatic nitrogens is 3. The van der Waals surface area contributed by atoms with Gasteiger partial charge in [-0.25, -0.2) is 9.78 Å². The molecule has 0 saturated carbocycles. The summed E-state index contributed by atoms with van der Waals surface area (Å²) in [4.78, 5) is 22.2. The molecule has 0 aliphatic rings. The highest BCUT2D eigenvalue weighted by atomic mass is 16.4. The van der Waals surface area contributed by atoms with Gasteiger partial charge in [-0.1, -0.05) is 13.8 Å². The van der Waals surface area contributed by atoms with Crippen molar-refractivity contribution in [3.05, 3.63) is 35.9 Å². The molecule has 0 aliphatic heterocycles. The molecule has 0 unspecified atom stereocenters. The van der Waals surface area contributed by atoms with Crippen LogP contribution in [0.15, 0.2) is 24.5 Å². The van der Waals surface area contributed by atoms with E-state index in [9.17, 15) is 4.79 Å². The van der Waals surface area contributed by atoms with Crippen molar-refractivity contribution in [2.45, 2.75) is 19.8 Å². The number of carboxylic acid groups (broad SMARTS) is 1. The molecule has 5 nitrogen and oxygen atoms in total. The number of pyridine rings is 1. The maximum Gasteiger partial charge on any atom is 0.356 e. The first kappa shape index (κ1) is 11.3. The van der Waals surface area contributed by atoms with Crippen molar-refractivity contribution in [1.82, 2.24) is 15.0 Å². The smallest absolute Gasteiger partial charge is 0.356 e. The molecule has 0 aromatic carbocycles. The molecule has 0 bridgehead atoms. The van der Waals surface area contributed by atoms with Gasteiger partial charge >= 0.3 is 5.97 Å². The van der Waals surface area contributed by atoms with Crippen molar-refractivity contribution in [3.8, 4) is 11.4 Å². The predicted molar refractivity (Wildman–Crippen MR) is 62.9 cm³/mol. The molecule has 17 heavy (non-hydrogen) atoms. The van der Waals surface area contributed by atoms with E-state index in [1.54, 1.807) is 18.5 Å². The molecule has 88 valence electrons. The second-order valence-electron chi connectivity index (χ2n) is 4.05. The van der Waals surface area contributed by atoms with E-state index >= 15 is 0 Å². The number of aromatic carboxylic acids is 1. The summed E-state index contributed by atoms with van der Waals surface area (Å²) in [5.41, 5.74) is 1.50. The number of nitrogens with zero attached hydrogens (tertiary/aromatic N) is 2. The lowest BCUT2D eigenvalue weighted by atomic mass is 10.1. The minimum absolute atomic E-state index is 0.0823. The Kier molecular flexibility index (Phi) is 2.91. The minimum Gasteiger partial charge on any atom is -0.476 e. The minimum atomic E-state index is -1.01. The lowest BCUT2D eigenvalue weighted by Crippen LogP contribution is -2.02. The number of aromatic amines is 1. The van der Waals surface area contributed by atoms with Crippen molar-refractivity contribution in [3.63, 3.8) is 0 Å². The van der Waals surface area contributed by atoms with Crippen LogP contribution in [0.1, 0.15) is 35.9 Å². The second kappa shape index (κ2) is 4.37. The van der Waals surface area contributed by atoms with Gasteiger partial charge in [-0.15, -0.1) is 0 Å². The molecule has 2 N–H and O–H groups in total. The van der Waals surface area contributed by atoms with Crippen LogP contribution in [0.5, 0.6) is 0 Å². The van der Waals surface area contributed by atoms with E-state index in [0.29, 0.717) is 11.5 Å². The van der Waals surface area contributed by atoms with Crippen LogP contribution in [-0.2, 0) is 0 Å². The van der Waals surface area contributed by atoms with Crippen molar-refractivity contribution in [2.24, 2.45) is 0 Å². The number of rotatable bonds is 3. The number of nitrogens with one attached hydrogen (secondary N) is 1. The Labute approximate surface area is 98.6 Å². The van der Waals surface area contributed by atoms with E-state index in [4.69, 9.17) is 5.11 Å². The van der Waals surface area contributed by atoms with Gasteiger partial charge in [0, 0.05) is 18.0 Å². The fraction of sp³-hybridized carbons (Fsp3) is 0.250. The van der Waals surface area contributed by atoms with E-state index in [2.05, 4.69) is 15.0 Å². The molecular weight excluding hydrogens is 218 g/mol. The average Bonchev–Trinajstić information content (AvgIpc) is 2.75. The van der Waals surface area contributed by atoms with Crippen LogP contribution in [0.2, 0.25) is 0 Å². The third-order valence-corrected chi connectivity index (χ3v) is 2.45. The van der Waals surface area contributed by atoms with E-state index < -0.39 is 5.97 Å². The molecule has 0 spiro atoms. The van der Waals surface area contributed by atoms with Crippen LogP contribution in [0, 0.1) is 0 Å². The molecule has 0 atom stereocenters. The Balaban J connectivity index is 2.51. The molecule has 0 saturated heterocycles. The Morgan fingerprint density at radius 3 is 2.71 bits per heavy atom. The quantitative estimate of drug-likeness (QED) is 0.849. The number of carboxylic acids is 1. The third kappa shape index (κ3) is 2.18. The summed E-state index contributed by atoms with van der Waals surface area (Å²) in [6.07, 6.45) is 3.31. The number of hydrogen-bond acceptors (Lipinski definition) is 3. The van der Waals surface area contributed by atoms with Gasteiger partial charge < -0.3 is 10.1 Å². The van der Waals surface area contributed by atoms with Gasteiger partial charge in [-0.2, -0.15) is 0 Å². The third-order valence-electron chi connectivity index (χ3n) is 2.45. The van der Waals surface area contributed by atoms with Gasteiger partial charge in [0.1, 0.15) is 5.82 Å². The first-order chi connectivity index (χ1) is 8.09. The highest BCUT2D eigenvalue weighted by Gasteiger charge is 2.19. The van der Waals surface area contributed by atoms with E-state index in [1.807, 2.05) is 19.9 Å². The maximum atomic E-state index is 11.1. The Hall–Kier alpha value is -2.17. The monoisotopic (exact) mass is 231 g/mol. The molecule has 0 radical (unpaired) electrons. The number of imidazole rings is 1. The summed E-state index contributed by atoms with van der Waals surface area (Å²) in [6, 6.07) is 3.62. The van der Waals surface area contributed by atoms with E-state index in [-0.39, 0.29) is 11.6 Å². The van der Waals surface area contributed by atoms with Crippen LogP contribution in [0.25, 0.3) is 11.4 Å². The molecule has 0 fully saturated rings. The largest absolute Gasteiger partial charge is 0.476 e. The van der Waals surface area contributed by atoms with Crippen molar-refractivity contribution < 1.29 is 9.90 Å². The van der Waals surface area contributed by atoms with Gasteiger partial charge in [-0.3, -0.25) is 4.98 Å². The number of hydrogen-bond donors (Lipinski definition) is 2. The number of carbonyl (C=O) groups is 1. The Morgan fingerprint density at radius 2 is 2.24 bits per heavy atom. The summed E-state index contributed by atoms with van der Waals surface area (Å²) in [6.45, 7) is 3.85. The fourth-order valence-electron chi connectivity index (χ4n) is 1.61. The topological polar surface area (TPSA) is 78.9 Å². The van der Waals surface area contributed by atoms with Gasteiger partial charge in [0.15, 0.2) is 5.69 Å². The van der Waals surface area contributed by atoms with Crippen LogP contribution < -0.4 is 0 Å². The highest BCUT2D eigenvalue weighted by Crippen LogP contribution is 2.22. The first-order valence-corrected chi connectivity index (χ1v) is 5.33. The molecule has 2 aromatic rings. The van der Waals surface area contributed by atoms with Crippen LogP contribution >= 0.6 is 0 Å². The zero-order valence-corrected chi connectivity index (χ0v) is 9.64. The molecule has 0 aliphatic carbocycles. The lowest BCUT2D eigenvalue weighted by Gasteiger charge is -2.01. The van der Waals surface area contributed by atoms with Crippen molar-refractivity contribution >= 4 is 5.97 Å². The molecule has 2 aromatic heterocycles. The van der Waals surface area contributed by atoms with E-state index in [1.165, 1.54) is 0 Å². The summed E-state index contributed by atoms with van der Waals surface area (Å²) < 4.78 is 0. The molecule has 0 amide bonds. The molecular formula is C12H13N3O2. The predicted octanol–water partition coefficient (Wildman–Crippen LogP) is 2.29. The SMILES string of the molecule is CC(C)c1[nH]c(-c2cccnc2)nc1C(=O)O. The number of H-pyrrole nitrogens is 1. The van der Waals surface area contributed by atoms with E-state index in [0.717, 1.165) is 5.56 Å². The Morgan fingerprint density at radius 1 is 1.47 bits per heavy atom. The highest BCUT2D eigenvalue weighted by molar-refractivity contribution is 5.87. The van der Waals surface area contributed by atoms with Gasteiger partial charge in [0.25, 0.3) is 0 Å². The molecule has 2 rings (SSSR count). The summed E-state index contributed by atoms with van der Waals surface area (Å²) in [5, 5.41) is 9.08. The van der Waals surface area contributed by atoms with Gasteiger partial charge in [0.2, 0.25) is 0 Å². The van der Waals surface area contributed by atoms with Crippen molar-refractivity contribution in [1.29, 1.82) is 0 Å². The van der Waals surface area contributed by atoms with Crippen LogP contribution in [0.3, 0.4) is 0 Å². The van der Waals surface area contributed by atoms with Crippen LogP contribution in [0.4, 0.5) is 0 Å². The molecule has 2 heterocycles. The van der Waals surface area contributed by atoms with Crippen LogP contribution in [-0.4, -0.2) is 26.0 Å². The standard InChI is InChI=1S/C12H13N3O2/c1-7(2)9-10(12(16)17)15-11(14-9)8-4-3-5-13-6-8/h3-7H,1-2H3,(H,14,15)(H,16,17). The summed E-state index contributed by atoms with van der Waals surface area (Å²) >= 11 is 0. The Bertz CT molecular complexity index is 532. The summed E-state index contributed by atoms with van der Waals surface area (Å²) in [5.74, 6) is -0.390. The second-order valence-corrected chi connectivity index (χ2v) is 4.05. The van der Waals surface area contributed by atoms with Gasteiger partial charge in [0.05, 0.1) is 5.69 Å². The first-order valence-electron chi connectivity index (χ1n) is 5.33. The maximum absolute atomic E-state index is 11.1. The molecule has 5 heteroatoms. The average molecular weight is 231 g/mol. The zero-order valence-electron chi connectivity index (χ0n) is 9.64. The zero-order chi connectivity index (χ0) is 12.4.